The molecule has 5 heteroatoms. The molecule has 1 heterocycles. The first kappa shape index (κ1) is 20.6. The topological polar surface area (TPSA) is 44.9 Å². The molecule has 30 heavy (non-hydrogen) atoms. The van der Waals surface area contributed by atoms with E-state index in [0.29, 0.717) is 12.1 Å². The van der Waals surface area contributed by atoms with Crippen LogP contribution in [-0.4, -0.2) is 23.2 Å². The van der Waals surface area contributed by atoms with Crippen LogP contribution in [0.1, 0.15) is 21.5 Å². The molecule has 0 saturated carbocycles. The minimum Gasteiger partial charge on any atom is -0.354 e. The predicted octanol–water partition coefficient (Wildman–Crippen LogP) is 6.63. The maximum absolute atomic E-state index is 12.5. The van der Waals surface area contributed by atoms with Gasteiger partial charge in [-0.3, -0.25) is 4.79 Å². The van der Waals surface area contributed by atoms with Crippen LogP contribution in [0.5, 0.6) is 0 Å². The van der Waals surface area contributed by atoms with Gasteiger partial charge in [0.1, 0.15) is 0 Å². The molecule has 0 aliphatic rings. The van der Waals surface area contributed by atoms with Crippen molar-refractivity contribution in [3.8, 4) is 11.3 Å². The number of amides is 1. The third-order valence-corrected chi connectivity index (χ3v) is 6.28. The predicted molar refractivity (Wildman–Crippen MR) is 128 cm³/mol. The number of hydrogen-bond donors (Lipinski definition) is 2. The number of aromatic amines is 1. The van der Waals surface area contributed by atoms with Crippen molar-refractivity contribution >= 4 is 40.2 Å². The molecule has 0 aliphatic heterocycles. The van der Waals surface area contributed by atoms with E-state index in [9.17, 15) is 4.79 Å². The van der Waals surface area contributed by atoms with E-state index in [1.54, 1.807) is 11.8 Å². The molecule has 1 amide bonds. The normalized spacial score (nSPS) is 11.0. The smallest absolute Gasteiger partial charge is 0.251 e. The number of nitrogens with one attached hydrogen (secondary N) is 2. The second-order valence-electron chi connectivity index (χ2n) is 7.36. The summed E-state index contributed by atoms with van der Waals surface area (Å²) in [6, 6.07) is 22.1. The molecule has 0 fully saturated rings. The molecular weight excluding hydrogens is 412 g/mol. The maximum atomic E-state index is 12.5. The standard InChI is InChI=1S/C25H23ClN2OS/c1-16-13-17(2)15-19(14-16)25(29)27-11-12-30-24-21-5-3-4-6-22(21)28-23(24)18-7-9-20(26)10-8-18/h3-10,13-15,28H,11-12H2,1-2H3,(H,27,29). The zero-order chi connectivity index (χ0) is 21.1. The van der Waals surface area contributed by atoms with Gasteiger partial charge in [0.15, 0.2) is 0 Å². The van der Waals surface area contributed by atoms with Gasteiger partial charge in [0.2, 0.25) is 0 Å². The SMILES string of the molecule is Cc1cc(C)cc(C(=O)NCCSc2c(-c3ccc(Cl)cc3)[nH]c3ccccc23)c1. The number of thioether (sulfide) groups is 1. The molecule has 1 aromatic heterocycles. The third-order valence-electron chi connectivity index (χ3n) is 4.91. The second kappa shape index (κ2) is 8.99. The highest BCUT2D eigenvalue weighted by atomic mass is 35.5. The van der Waals surface area contributed by atoms with Crippen molar-refractivity contribution in [2.24, 2.45) is 0 Å². The van der Waals surface area contributed by atoms with Crippen molar-refractivity contribution in [2.75, 3.05) is 12.3 Å². The molecule has 2 N–H and O–H groups in total. The van der Waals surface area contributed by atoms with Crippen LogP contribution in [0, 0.1) is 13.8 Å². The molecule has 3 nitrogen and oxygen atoms in total. The fraction of sp³-hybridized carbons (Fsp3) is 0.160. The van der Waals surface area contributed by atoms with Gasteiger partial charge in [-0.15, -0.1) is 11.8 Å². The number of H-pyrrole nitrogens is 1. The van der Waals surface area contributed by atoms with Crippen LogP contribution in [0.4, 0.5) is 0 Å². The Morgan fingerprint density at radius 1 is 1.00 bits per heavy atom. The Balaban J connectivity index is 1.49. The van der Waals surface area contributed by atoms with Gasteiger partial charge < -0.3 is 10.3 Å². The summed E-state index contributed by atoms with van der Waals surface area (Å²) in [5.74, 6) is 0.748. The van der Waals surface area contributed by atoms with Crippen molar-refractivity contribution in [1.82, 2.24) is 10.3 Å². The van der Waals surface area contributed by atoms with E-state index >= 15 is 0 Å². The molecule has 0 spiro atoms. The zero-order valence-electron chi connectivity index (χ0n) is 17.0. The first-order valence-corrected chi connectivity index (χ1v) is 11.2. The van der Waals surface area contributed by atoms with Crippen LogP contribution in [0.25, 0.3) is 22.2 Å². The fourth-order valence-electron chi connectivity index (χ4n) is 3.61. The number of halogens is 1. The Hall–Kier alpha value is -2.69. The molecule has 4 aromatic rings. The molecule has 0 saturated heterocycles. The summed E-state index contributed by atoms with van der Waals surface area (Å²) in [4.78, 5) is 17.2. The summed E-state index contributed by atoms with van der Waals surface area (Å²) >= 11 is 7.81. The number of hydrogen-bond acceptors (Lipinski definition) is 2. The minimum absolute atomic E-state index is 0.0285. The third kappa shape index (κ3) is 4.55. The van der Waals surface area contributed by atoms with Gasteiger partial charge in [0, 0.05) is 38.7 Å². The van der Waals surface area contributed by atoms with E-state index in [2.05, 4.69) is 28.5 Å². The summed E-state index contributed by atoms with van der Waals surface area (Å²) in [6.45, 7) is 4.61. The number of carbonyl (C=O) groups excluding carboxylic acids is 1. The highest BCUT2D eigenvalue weighted by Crippen LogP contribution is 2.37. The molecule has 152 valence electrons. The van der Waals surface area contributed by atoms with E-state index in [1.807, 2.05) is 62.4 Å². The van der Waals surface area contributed by atoms with E-state index in [0.717, 1.165) is 38.7 Å². The van der Waals surface area contributed by atoms with Crippen LogP contribution in [-0.2, 0) is 0 Å². The Labute approximate surface area is 185 Å². The first-order chi connectivity index (χ1) is 14.5. The van der Waals surface area contributed by atoms with E-state index in [1.165, 1.54) is 10.3 Å². The molecule has 0 aliphatic carbocycles. The molecule has 0 unspecified atom stereocenters. The lowest BCUT2D eigenvalue weighted by atomic mass is 10.1. The van der Waals surface area contributed by atoms with Crippen molar-refractivity contribution in [2.45, 2.75) is 18.7 Å². The quantitative estimate of drug-likeness (QED) is 0.264. The van der Waals surface area contributed by atoms with Crippen LogP contribution < -0.4 is 5.32 Å². The number of fused-ring (bicyclic) bond motifs is 1. The van der Waals surface area contributed by atoms with Crippen molar-refractivity contribution in [1.29, 1.82) is 0 Å². The molecule has 4 rings (SSSR count). The van der Waals surface area contributed by atoms with Gasteiger partial charge in [0.25, 0.3) is 5.91 Å². The van der Waals surface area contributed by atoms with E-state index < -0.39 is 0 Å². The first-order valence-electron chi connectivity index (χ1n) is 9.87. The maximum Gasteiger partial charge on any atom is 0.251 e. The van der Waals surface area contributed by atoms with E-state index in [4.69, 9.17) is 11.6 Å². The Morgan fingerprint density at radius 3 is 2.43 bits per heavy atom. The van der Waals surface area contributed by atoms with Crippen LogP contribution in [0.2, 0.25) is 5.02 Å². The lowest BCUT2D eigenvalue weighted by Gasteiger charge is -2.08. The summed E-state index contributed by atoms with van der Waals surface area (Å²) < 4.78 is 0. The summed E-state index contributed by atoms with van der Waals surface area (Å²) in [6.07, 6.45) is 0. The molecule has 0 bridgehead atoms. The van der Waals surface area contributed by atoms with Crippen LogP contribution in [0.15, 0.2) is 71.6 Å². The molecule has 0 atom stereocenters. The van der Waals surface area contributed by atoms with Crippen molar-refractivity contribution < 1.29 is 4.79 Å². The zero-order valence-corrected chi connectivity index (χ0v) is 18.5. The summed E-state index contributed by atoms with van der Waals surface area (Å²) in [5, 5.41) is 4.95. The van der Waals surface area contributed by atoms with Crippen LogP contribution in [0.3, 0.4) is 0 Å². The fourth-order valence-corrected chi connectivity index (χ4v) is 4.79. The summed E-state index contributed by atoms with van der Waals surface area (Å²) in [7, 11) is 0. The van der Waals surface area contributed by atoms with Crippen molar-refractivity contribution in [3.63, 3.8) is 0 Å². The lowest BCUT2D eigenvalue weighted by molar-refractivity contribution is 0.0956. The van der Waals surface area contributed by atoms with Gasteiger partial charge in [-0.05, 0) is 49.7 Å². The van der Waals surface area contributed by atoms with Gasteiger partial charge in [-0.1, -0.05) is 59.1 Å². The Kier molecular flexibility index (Phi) is 6.16. The van der Waals surface area contributed by atoms with Gasteiger partial charge >= 0.3 is 0 Å². The number of benzene rings is 3. The Bertz CT molecular complexity index is 1180. The highest BCUT2D eigenvalue weighted by molar-refractivity contribution is 7.99. The number of carbonyl (C=O) groups is 1. The average Bonchev–Trinajstić information content (AvgIpc) is 3.09. The average molecular weight is 435 g/mol. The van der Waals surface area contributed by atoms with Gasteiger partial charge in [0.05, 0.1) is 5.69 Å². The lowest BCUT2D eigenvalue weighted by Crippen LogP contribution is -2.25. The number of aryl methyl sites for hydroxylation is 2. The second-order valence-corrected chi connectivity index (χ2v) is 8.90. The number of aromatic nitrogens is 1. The molecular formula is C25H23ClN2OS. The largest absolute Gasteiger partial charge is 0.354 e. The Morgan fingerprint density at radius 2 is 1.70 bits per heavy atom. The van der Waals surface area contributed by atoms with Gasteiger partial charge in [-0.2, -0.15) is 0 Å². The number of para-hydroxylation sites is 1. The van der Waals surface area contributed by atoms with E-state index in [-0.39, 0.29) is 5.91 Å². The molecule has 0 radical (unpaired) electrons. The van der Waals surface area contributed by atoms with Gasteiger partial charge in [-0.25, -0.2) is 0 Å². The van der Waals surface area contributed by atoms with Crippen molar-refractivity contribution in [3.05, 3.63) is 88.4 Å². The monoisotopic (exact) mass is 434 g/mol. The number of rotatable bonds is 6. The minimum atomic E-state index is -0.0285. The highest BCUT2D eigenvalue weighted by Gasteiger charge is 2.14. The van der Waals surface area contributed by atoms with Crippen LogP contribution >= 0.6 is 23.4 Å². The summed E-state index contributed by atoms with van der Waals surface area (Å²) in [5.41, 5.74) is 6.19. The molecule has 3 aromatic carbocycles.